The van der Waals surface area contributed by atoms with E-state index in [4.69, 9.17) is 0 Å². The third-order valence-corrected chi connectivity index (χ3v) is 5.12. The van der Waals surface area contributed by atoms with Crippen LogP contribution < -0.4 is 4.90 Å². The van der Waals surface area contributed by atoms with Crippen molar-refractivity contribution in [3.05, 3.63) is 54.1 Å². The van der Waals surface area contributed by atoms with Gasteiger partial charge in [-0.05, 0) is 36.6 Å². The molecule has 1 aliphatic carbocycles. The number of hydrogen-bond donors (Lipinski definition) is 1. The maximum Gasteiger partial charge on any atom is 0.433 e. The van der Waals surface area contributed by atoms with Crippen molar-refractivity contribution in [3.63, 3.8) is 0 Å². The number of aromatic nitrogens is 2. The Bertz CT molecular complexity index is 747. The largest absolute Gasteiger partial charge is 0.433 e. The molecule has 0 bridgehead atoms. The fraction of sp³-hybridized carbons (Fsp3) is 0.444. The van der Waals surface area contributed by atoms with E-state index >= 15 is 0 Å². The average Bonchev–Trinajstić information content (AvgIpc) is 2.50. The minimum Gasteiger partial charge on any atom is -0.389 e. The fourth-order valence-corrected chi connectivity index (χ4v) is 4.26. The molecule has 3 heterocycles. The highest BCUT2D eigenvalue weighted by Crippen LogP contribution is 2.55. The van der Waals surface area contributed by atoms with E-state index in [-0.39, 0.29) is 5.41 Å². The van der Waals surface area contributed by atoms with Crippen LogP contribution in [0.5, 0.6) is 0 Å². The number of hydrogen-bond acceptors (Lipinski definition) is 4. The number of nitrogens with zero attached hydrogens (tertiary/aromatic N) is 3. The van der Waals surface area contributed by atoms with E-state index in [9.17, 15) is 18.3 Å². The zero-order valence-electron chi connectivity index (χ0n) is 13.5. The molecule has 4 rings (SSSR count). The van der Waals surface area contributed by atoms with Crippen LogP contribution in [0.4, 0.5) is 18.9 Å². The van der Waals surface area contributed by atoms with E-state index in [1.54, 1.807) is 12.4 Å². The van der Waals surface area contributed by atoms with E-state index in [1.165, 1.54) is 12.3 Å². The van der Waals surface area contributed by atoms with E-state index < -0.39 is 17.5 Å². The lowest BCUT2D eigenvalue weighted by molar-refractivity contribution is -0.141. The van der Waals surface area contributed by atoms with Crippen LogP contribution in [0.3, 0.4) is 0 Å². The number of halogens is 3. The first kappa shape index (κ1) is 16.3. The zero-order chi connectivity index (χ0) is 17.7. The maximum absolute atomic E-state index is 12.6. The topological polar surface area (TPSA) is 49.3 Å². The molecular formula is C18H18F3N3O. The molecule has 4 nitrogen and oxygen atoms in total. The number of aliphatic hydroxyl groups is 1. The monoisotopic (exact) mass is 349 g/mol. The van der Waals surface area contributed by atoms with Gasteiger partial charge in [-0.3, -0.25) is 4.98 Å². The van der Waals surface area contributed by atoms with E-state index in [1.807, 2.05) is 17.0 Å². The van der Waals surface area contributed by atoms with Gasteiger partial charge >= 0.3 is 6.18 Å². The van der Waals surface area contributed by atoms with E-state index in [0.717, 1.165) is 24.7 Å². The molecule has 7 heteroatoms. The quantitative estimate of drug-likeness (QED) is 0.925. The summed E-state index contributed by atoms with van der Waals surface area (Å²) in [5, 5.41) is 10.7. The van der Waals surface area contributed by atoms with Gasteiger partial charge in [0.05, 0.1) is 17.5 Å². The fourth-order valence-electron chi connectivity index (χ4n) is 4.26. The molecule has 1 saturated carbocycles. The second kappa shape index (κ2) is 5.42. The molecule has 25 heavy (non-hydrogen) atoms. The van der Waals surface area contributed by atoms with Crippen molar-refractivity contribution in [3.8, 4) is 0 Å². The summed E-state index contributed by atoms with van der Waals surface area (Å²) >= 11 is 0. The lowest BCUT2D eigenvalue weighted by Crippen LogP contribution is -2.68. The highest BCUT2D eigenvalue weighted by atomic mass is 19.4. The Balaban J connectivity index is 1.34. The molecule has 0 aromatic carbocycles. The van der Waals surface area contributed by atoms with Crippen LogP contribution in [0.1, 0.15) is 24.1 Å². The summed E-state index contributed by atoms with van der Waals surface area (Å²) in [6.45, 7) is 1.49. The maximum atomic E-state index is 12.6. The molecule has 2 fully saturated rings. The predicted molar refractivity (Wildman–Crippen MR) is 86.0 cm³/mol. The second-order valence-electron chi connectivity index (χ2n) is 7.37. The summed E-state index contributed by atoms with van der Waals surface area (Å²) in [7, 11) is 0. The Morgan fingerprint density at radius 3 is 2.44 bits per heavy atom. The van der Waals surface area contributed by atoms with Gasteiger partial charge in [0.1, 0.15) is 5.69 Å². The van der Waals surface area contributed by atoms with Gasteiger partial charge in [0.2, 0.25) is 0 Å². The highest BCUT2D eigenvalue weighted by molar-refractivity contribution is 5.49. The van der Waals surface area contributed by atoms with Crippen LogP contribution >= 0.6 is 0 Å². The lowest BCUT2D eigenvalue weighted by Gasteiger charge is -2.63. The van der Waals surface area contributed by atoms with E-state index in [2.05, 4.69) is 9.97 Å². The predicted octanol–water partition coefficient (Wildman–Crippen LogP) is 3.07. The number of pyridine rings is 2. The van der Waals surface area contributed by atoms with Crippen molar-refractivity contribution < 1.29 is 18.3 Å². The summed E-state index contributed by atoms with van der Waals surface area (Å²) in [5.41, 5.74) is 0.206. The van der Waals surface area contributed by atoms with Gasteiger partial charge in [0, 0.05) is 37.3 Å². The number of anilines is 1. The molecule has 1 spiro atoms. The highest BCUT2D eigenvalue weighted by Gasteiger charge is 2.59. The molecule has 2 aromatic heterocycles. The van der Waals surface area contributed by atoms with Crippen molar-refractivity contribution in [1.82, 2.24) is 9.97 Å². The van der Waals surface area contributed by atoms with Gasteiger partial charge in [-0.2, -0.15) is 13.2 Å². The average molecular weight is 349 g/mol. The smallest absolute Gasteiger partial charge is 0.389 e. The zero-order valence-corrected chi connectivity index (χ0v) is 13.5. The van der Waals surface area contributed by atoms with Gasteiger partial charge in [0.15, 0.2) is 0 Å². The first-order chi connectivity index (χ1) is 11.8. The summed E-state index contributed by atoms with van der Waals surface area (Å²) in [6, 6.07) is 6.29. The van der Waals surface area contributed by atoms with Crippen LogP contribution in [0.2, 0.25) is 0 Å². The van der Waals surface area contributed by atoms with Gasteiger partial charge in [-0.25, -0.2) is 4.98 Å². The third kappa shape index (κ3) is 3.08. The van der Waals surface area contributed by atoms with Gasteiger partial charge in [-0.15, -0.1) is 0 Å². The molecule has 2 aliphatic rings. The van der Waals surface area contributed by atoms with Crippen LogP contribution in [0.15, 0.2) is 42.9 Å². The third-order valence-electron chi connectivity index (χ3n) is 5.12. The molecule has 0 unspecified atom stereocenters. The van der Waals surface area contributed by atoms with Gasteiger partial charge in [0.25, 0.3) is 0 Å². The minimum absolute atomic E-state index is 0.0691. The van der Waals surface area contributed by atoms with Crippen molar-refractivity contribution in [1.29, 1.82) is 0 Å². The van der Waals surface area contributed by atoms with Crippen molar-refractivity contribution in [2.45, 2.75) is 31.0 Å². The molecular weight excluding hydrogens is 331 g/mol. The number of rotatable bonds is 3. The first-order valence-electron chi connectivity index (χ1n) is 8.17. The molecule has 2 aromatic rings. The lowest BCUT2D eigenvalue weighted by atomic mass is 9.54. The molecule has 1 saturated heterocycles. The van der Waals surface area contributed by atoms with Gasteiger partial charge in [-0.1, -0.05) is 6.07 Å². The number of alkyl halides is 3. The molecule has 0 atom stereocenters. The molecule has 1 N–H and O–H groups in total. The summed E-state index contributed by atoms with van der Waals surface area (Å²) in [4.78, 5) is 9.58. The SMILES string of the molecule is OC1(Cc2cccnc2)CC2(CN(c3ccc(C(F)(F)F)nc3)C2)C1. The van der Waals surface area contributed by atoms with Crippen molar-refractivity contribution >= 4 is 5.69 Å². The second-order valence-corrected chi connectivity index (χ2v) is 7.37. The normalized spacial score (nSPS) is 20.9. The Labute approximate surface area is 143 Å². The Morgan fingerprint density at radius 1 is 1.12 bits per heavy atom. The first-order valence-corrected chi connectivity index (χ1v) is 8.17. The Kier molecular flexibility index (Phi) is 3.54. The Morgan fingerprint density at radius 2 is 1.88 bits per heavy atom. The molecule has 132 valence electrons. The van der Waals surface area contributed by atoms with Crippen molar-refractivity contribution in [2.24, 2.45) is 5.41 Å². The standard InChI is InChI=1S/C18H18F3N3O/c19-18(20,21)15-4-3-14(8-23-15)24-11-16(12-24)9-17(25,10-16)6-13-2-1-5-22-7-13/h1-5,7-8,25H,6,9-12H2. The van der Waals surface area contributed by atoms with E-state index in [0.29, 0.717) is 24.9 Å². The molecule has 0 radical (unpaired) electrons. The molecule has 1 aliphatic heterocycles. The summed E-state index contributed by atoms with van der Waals surface area (Å²) in [5.74, 6) is 0. The van der Waals surface area contributed by atoms with Gasteiger partial charge < -0.3 is 10.0 Å². The summed E-state index contributed by atoms with van der Waals surface area (Å²) < 4.78 is 37.7. The van der Waals surface area contributed by atoms with Crippen molar-refractivity contribution in [2.75, 3.05) is 18.0 Å². The summed E-state index contributed by atoms with van der Waals surface area (Å²) in [6.07, 6.45) is 2.34. The van der Waals surface area contributed by atoms with Crippen LogP contribution in [0, 0.1) is 5.41 Å². The van der Waals surface area contributed by atoms with Crippen LogP contribution in [0.25, 0.3) is 0 Å². The minimum atomic E-state index is -4.41. The van der Waals surface area contributed by atoms with Crippen LogP contribution in [-0.2, 0) is 12.6 Å². The Hall–Kier alpha value is -2.15. The van der Waals surface area contributed by atoms with Crippen LogP contribution in [-0.4, -0.2) is 33.8 Å². The molecule has 0 amide bonds.